The first-order valence-electron chi connectivity index (χ1n) is 9.12. The molecule has 2 aromatic heterocycles. The smallest absolute Gasteiger partial charge is 0.186 e. The Morgan fingerprint density at radius 2 is 1.29 bits per heavy atom. The van der Waals surface area contributed by atoms with E-state index in [0.29, 0.717) is 0 Å². The van der Waals surface area contributed by atoms with Crippen LogP contribution >= 0.6 is 22.7 Å². The number of fused-ring (bicyclic) bond motifs is 2. The van der Waals surface area contributed by atoms with Crippen LogP contribution in [0.5, 0.6) is 11.5 Å². The second kappa shape index (κ2) is 7.10. The summed E-state index contributed by atoms with van der Waals surface area (Å²) in [5.41, 5.74) is 2.03. The summed E-state index contributed by atoms with van der Waals surface area (Å²) in [6.07, 6.45) is 0. The Morgan fingerprint density at radius 1 is 0.714 bits per heavy atom. The van der Waals surface area contributed by atoms with Crippen LogP contribution < -0.4 is 19.3 Å². The van der Waals surface area contributed by atoms with Crippen molar-refractivity contribution in [3.63, 3.8) is 0 Å². The Morgan fingerprint density at radius 3 is 1.96 bits per heavy atom. The van der Waals surface area contributed by atoms with E-state index in [-0.39, 0.29) is 0 Å². The fourth-order valence-corrected chi connectivity index (χ4v) is 5.44. The van der Waals surface area contributed by atoms with Crippen molar-refractivity contribution in [2.75, 3.05) is 50.2 Å². The van der Waals surface area contributed by atoms with E-state index in [4.69, 9.17) is 19.4 Å². The third-order valence-electron chi connectivity index (χ3n) is 4.99. The van der Waals surface area contributed by atoms with Gasteiger partial charge in [0.05, 0.1) is 34.7 Å². The van der Waals surface area contributed by atoms with Crippen LogP contribution in [0.4, 0.5) is 10.3 Å². The number of hydrogen-bond acceptors (Lipinski definition) is 8. The SMILES string of the molecule is COc1ccc2sc(N3CCN(c4nc5ccc(OC)cc5s4)CC3)nc2c1. The third kappa shape index (κ3) is 3.12. The molecule has 5 rings (SSSR count). The van der Waals surface area contributed by atoms with Crippen molar-refractivity contribution in [3.05, 3.63) is 36.4 Å². The van der Waals surface area contributed by atoms with E-state index in [1.165, 1.54) is 4.70 Å². The summed E-state index contributed by atoms with van der Waals surface area (Å²) in [7, 11) is 3.38. The van der Waals surface area contributed by atoms with E-state index in [1.807, 2.05) is 24.3 Å². The molecule has 0 N–H and O–H groups in total. The first kappa shape index (κ1) is 17.5. The molecule has 1 aliphatic heterocycles. The Labute approximate surface area is 171 Å². The molecule has 0 amide bonds. The molecular weight excluding hydrogens is 392 g/mol. The molecule has 1 saturated heterocycles. The molecule has 3 heterocycles. The van der Waals surface area contributed by atoms with Crippen molar-refractivity contribution in [2.45, 2.75) is 0 Å². The van der Waals surface area contributed by atoms with Crippen molar-refractivity contribution in [1.29, 1.82) is 0 Å². The van der Waals surface area contributed by atoms with Crippen LogP contribution in [0.1, 0.15) is 0 Å². The lowest BCUT2D eigenvalue weighted by atomic mass is 10.3. The summed E-state index contributed by atoms with van der Waals surface area (Å²) in [6, 6.07) is 12.1. The van der Waals surface area contributed by atoms with Gasteiger partial charge in [-0.1, -0.05) is 22.7 Å². The van der Waals surface area contributed by atoms with Crippen LogP contribution in [0.2, 0.25) is 0 Å². The monoisotopic (exact) mass is 412 g/mol. The minimum absolute atomic E-state index is 0.849. The zero-order chi connectivity index (χ0) is 19.1. The van der Waals surface area contributed by atoms with Gasteiger partial charge in [-0.2, -0.15) is 0 Å². The van der Waals surface area contributed by atoms with E-state index in [0.717, 1.165) is 63.7 Å². The summed E-state index contributed by atoms with van der Waals surface area (Å²) >= 11 is 3.47. The Balaban J connectivity index is 1.32. The van der Waals surface area contributed by atoms with Gasteiger partial charge in [-0.25, -0.2) is 9.97 Å². The Hall–Kier alpha value is -2.58. The average Bonchev–Trinajstić information content (AvgIpc) is 3.36. The highest BCUT2D eigenvalue weighted by molar-refractivity contribution is 7.22. The quantitative estimate of drug-likeness (QED) is 0.499. The molecule has 144 valence electrons. The van der Waals surface area contributed by atoms with Crippen LogP contribution in [0.3, 0.4) is 0 Å². The Kier molecular flexibility index (Phi) is 4.44. The zero-order valence-electron chi connectivity index (χ0n) is 15.7. The van der Waals surface area contributed by atoms with Gasteiger partial charge in [-0.3, -0.25) is 0 Å². The topological polar surface area (TPSA) is 50.7 Å². The number of piperazine rings is 1. The molecule has 1 aliphatic rings. The first-order valence-corrected chi connectivity index (χ1v) is 10.8. The van der Waals surface area contributed by atoms with Crippen molar-refractivity contribution < 1.29 is 9.47 Å². The summed E-state index contributed by atoms with van der Waals surface area (Å²) in [6.45, 7) is 3.76. The van der Waals surface area contributed by atoms with E-state index in [2.05, 4.69) is 21.9 Å². The van der Waals surface area contributed by atoms with Gasteiger partial charge in [0.2, 0.25) is 0 Å². The standard InChI is InChI=1S/C20H20N4O2S2/c1-25-13-4-6-17-16(11-13)22-20(27-17)24-9-7-23(8-10-24)19-21-15-5-3-14(26-2)12-18(15)28-19/h3-6,11-12H,7-10H2,1-2H3. The number of rotatable bonds is 4. The molecule has 8 heteroatoms. The van der Waals surface area contributed by atoms with E-state index < -0.39 is 0 Å². The van der Waals surface area contributed by atoms with Crippen LogP contribution in [-0.4, -0.2) is 50.4 Å². The van der Waals surface area contributed by atoms with Crippen LogP contribution in [-0.2, 0) is 0 Å². The highest BCUT2D eigenvalue weighted by Crippen LogP contribution is 2.34. The zero-order valence-corrected chi connectivity index (χ0v) is 17.3. The summed E-state index contributed by atoms with van der Waals surface area (Å²) in [5.74, 6) is 1.72. The normalized spacial score (nSPS) is 14.8. The molecule has 0 atom stereocenters. The lowest BCUT2D eigenvalue weighted by molar-refractivity contribution is 0.415. The number of methoxy groups -OCH3 is 2. The second-order valence-electron chi connectivity index (χ2n) is 6.63. The predicted octanol–water partition coefficient (Wildman–Crippen LogP) is 4.25. The van der Waals surface area contributed by atoms with E-state index >= 15 is 0 Å². The number of anilines is 2. The second-order valence-corrected chi connectivity index (χ2v) is 8.65. The number of ether oxygens (including phenoxy) is 2. The molecule has 0 spiro atoms. The van der Waals surface area contributed by atoms with Gasteiger partial charge in [0, 0.05) is 32.2 Å². The maximum atomic E-state index is 5.32. The lowest BCUT2D eigenvalue weighted by Crippen LogP contribution is -2.46. The highest BCUT2D eigenvalue weighted by atomic mass is 32.1. The lowest BCUT2D eigenvalue weighted by Gasteiger charge is -2.34. The summed E-state index contributed by atoms with van der Waals surface area (Å²) in [5, 5.41) is 2.16. The van der Waals surface area contributed by atoms with Crippen molar-refractivity contribution in [1.82, 2.24) is 9.97 Å². The van der Waals surface area contributed by atoms with Gasteiger partial charge in [0.15, 0.2) is 10.3 Å². The molecule has 6 nitrogen and oxygen atoms in total. The Bertz CT molecular complexity index is 1040. The number of thiazole rings is 2. The predicted molar refractivity (Wildman–Crippen MR) is 117 cm³/mol. The minimum atomic E-state index is 0.849. The fourth-order valence-electron chi connectivity index (χ4n) is 3.40. The molecule has 0 unspecified atom stereocenters. The van der Waals surface area contributed by atoms with Gasteiger partial charge < -0.3 is 19.3 Å². The molecule has 0 saturated carbocycles. The minimum Gasteiger partial charge on any atom is -0.497 e. The van der Waals surface area contributed by atoms with Crippen LogP contribution in [0, 0.1) is 0 Å². The molecule has 4 aromatic rings. The van der Waals surface area contributed by atoms with Crippen LogP contribution in [0.25, 0.3) is 20.4 Å². The van der Waals surface area contributed by atoms with Crippen LogP contribution in [0.15, 0.2) is 36.4 Å². The molecule has 0 bridgehead atoms. The van der Waals surface area contributed by atoms with Crippen molar-refractivity contribution >= 4 is 53.4 Å². The first-order chi connectivity index (χ1) is 13.7. The number of nitrogens with zero attached hydrogens (tertiary/aromatic N) is 4. The molecular formula is C20H20N4O2S2. The maximum Gasteiger partial charge on any atom is 0.186 e. The molecule has 28 heavy (non-hydrogen) atoms. The van der Waals surface area contributed by atoms with Crippen molar-refractivity contribution in [3.8, 4) is 11.5 Å². The van der Waals surface area contributed by atoms with Gasteiger partial charge in [0.25, 0.3) is 0 Å². The number of benzene rings is 2. The molecule has 1 fully saturated rings. The fraction of sp³-hybridized carbons (Fsp3) is 0.300. The van der Waals surface area contributed by atoms with Gasteiger partial charge >= 0.3 is 0 Å². The molecule has 0 aliphatic carbocycles. The van der Waals surface area contributed by atoms with Gasteiger partial charge in [0.1, 0.15) is 11.5 Å². The molecule has 0 radical (unpaired) electrons. The average molecular weight is 413 g/mol. The van der Waals surface area contributed by atoms with E-state index in [1.54, 1.807) is 36.9 Å². The van der Waals surface area contributed by atoms with Crippen molar-refractivity contribution in [2.24, 2.45) is 0 Å². The van der Waals surface area contributed by atoms with E-state index in [9.17, 15) is 0 Å². The summed E-state index contributed by atoms with van der Waals surface area (Å²) in [4.78, 5) is 14.4. The maximum absolute atomic E-state index is 5.32. The summed E-state index contributed by atoms with van der Waals surface area (Å²) < 4.78 is 13.0. The third-order valence-corrected chi connectivity index (χ3v) is 7.16. The van der Waals surface area contributed by atoms with Gasteiger partial charge in [-0.05, 0) is 30.3 Å². The highest BCUT2D eigenvalue weighted by Gasteiger charge is 2.22. The number of hydrogen-bond donors (Lipinski definition) is 0. The number of aromatic nitrogens is 2. The van der Waals surface area contributed by atoms with Gasteiger partial charge in [-0.15, -0.1) is 0 Å². The molecule has 2 aromatic carbocycles. The largest absolute Gasteiger partial charge is 0.497 e.